The standard InChI is InChI=1S/C21H26N2O6/c1-15-6-4-5-7-18(15)28-10-11-29-19-12-16(22)8-9-17(19)23(13-20(24)26-2)14-21(25)27-3/h4-9,12H,10-11,13-14,22H2,1-3H3. The summed E-state index contributed by atoms with van der Waals surface area (Å²) in [5.41, 5.74) is 7.92. The van der Waals surface area contributed by atoms with Gasteiger partial charge in [0.05, 0.1) is 19.9 Å². The summed E-state index contributed by atoms with van der Waals surface area (Å²) < 4.78 is 21.0. The van der Waals surface area contributed by atoms with Gasteiger partial charge in [0, 0.05) is 11.8 Å². The molecule has 0 heterocycles. The van der Waals surface area contributed by atoms with Crippen LogP contribution in [0.4, 0.5) is 11.4 Å². The van der Waals surface area contributed by atoms with Gasteiger partial charge in [0.2, 0.25) is 0 Å². The summed E-state index contributed by atoms with van der Waals surface area (Å²) in [4.78, 5) is 25.1. The highest BCUT2D eigenvalue weighted by Gasteiger charge is 2.20. The van der Waals surface area contributed by atoms with Gasteiger partial charge < -0.3 is 29.6 Å². The number of methoxy groups -OCH3 is 2. The molecule has 2 aromatic carbocycles. The van der Waals surface area contributed by atoms with E-state index in [1.54, 1.807) is 18.2 Å². The summed E-state index contributed by atoms with van der Waals surface area (Å²) in [6.07, 6.45) is 0. The van der Waals surface area contributed by atoms with Crippen molar-refractivity contribution in [2.45, 2.75) is 6.92 Å². The van der Waals surface area contributed by atoms with Crippen molar-refractivity contribution in [3.8, 4) is 11.5 Å². The quantitative estimate of drug-likeness (QED) is 0.367. The molecule has 2 aromatic rings. The van der Waals surface area contributed by atoms with Crippen molar-refractivity contribution >= 4 is 23.3 Å². The molecular weight excluding hydrogens is 376 g/mol. The Labute approximate surface area is 170 Å². The molecule has 29 heavy (non-hydrogen) atoms. The van der Waals surface area contributed by atoms with Crippen molar-refractivity contribution in [1.29, 1.82) is 0 Å². The Bertz CT molecular complexity index is 822. The smallest absolute Gasteiger partial charge is 0.325 e. The van der Waals surface area contributed by atoms with Gasteiger partial charge in [-0.25, -0.2) is 0 Å². The largest absolute Gasteiger partial charge is 0.490 e. The maximum absolute atomic E-state index is 11.8. The zero-order valence-electron chi connectivity index (χ0n) is 16.8. The number of ether oxygens (including phenoxy) is 4. The van der Waals surface area contributed by atoms with E-state index in [-0.39, 0.29) is 19.7 Å². The minimum atomic E-state index is -0.500. The SMILES string of the molecule is COC(=O)CN(CC(=O)OC)c1ccc(N)cc1OCCOc1ccccc1C. The van der Waals surface area contributed by atoms with E-state index in [9.17, 15) is 9.59 Å². The van der Waals surface area contributed by atoms with Crippen molar-refractivity contribution < 1.29 is 28.5 Å². The van der Waals surface area contributed by atoms with Crippen LogP contribution in [0.2, 0.25) is 0 Å². The van der Waals surface area contributed by atoms with Gasteiger partial charge in [0.1, 0.15) is 37.8 Å². The Morgan fingerprint density at radius 3 is 2.07 bits per heavy atom. The fourth-order valence-corrected chi connectivity index (χ4v) is 2.60. The second-order valence-electron chi connectivity index (χ2n) is 6.20. The van der Waals surface area contributed by atoms with Crippen LogP contribution in [0.25, 0.3) is 0 Å². The Kier molecular flexibility index (Phi) is 8.14. The number of esters is 2. The van der Waals surface area contributed by atoms with Gasteiger partial charge in [-0.1, -0.05) is 18.2 Å². The third kappa shape index (κ3) is 6.60. The molecule has 156 valence electrons. The fourth-order valence-electron chi connectivity index (χ4n) is 2.60. The third-order valence-electron chi connectivity index (χ3n) is 4.11. The summed E-state index contributed by atoms with van der Waals surface area (Å²) >= 11 is 0. The Hall–Kier alpha value is -3.42. The molecule has 2 rings (SSSR count). The normalized spacial score (nSPS) is 10.2. The number of aryl methyl sites for hydroxylation is 1. The highest BCUT2D eigenvalue weighted by molar-refractivity contribution is 5.83. The highest BCUT2D eigenvalue weighted by Crippen LogP contribution is 2.31. The van der Waals surface area contributed by atoms with E-state index < -0.39 is 11.9 Å². The first-order valence-electron chi connectivity index (χ1n) is 9.04. The van der Waals surface area contributed by atoms with E-state index in [4.69, 9.17) is 24.7 Å². The average Bonchev–Trinajstić information content (AvgIpc) is 2.71. The lowest BCUT2D eigenvalue weighted by Crippen LogP contribution is -2.36. The van der Waals surface area contributed by atoms with E-state index in [1.807, 2.05) is 31.2 Å². The van der Waals surface area contributed by atoms with Gasteiger partial charge >= 0.3 is 11.9 Å². The van der Waals surface area contributed by atoms with Gasteiger partial charge in [-0.2, -0.15) is 0 Å². The van der Waals surface area contributed by atoms with Crippen LogP contribution in [-0.4, -0.2) is 52.5 Å². The van der Waals surface area contributed by atoms with Gasteiger partial charge in [-0.05, 0) is 30.7 Å². The molecule has 0 aliphatic carbocycles. The van der Waals surface area contributed by atoms with Gasteiger partial charge in [-0.3, -0.25) is 9.59 Å². The monoisotopic (exact) mass is 402 g/mol. The van der Waals surface area contributed by atoms with E-state index in [2.05, 4.69) is 0 Å². The predicted octanol–water partition coefficient (Wildman–Crippen LogP) is 2.19. The zero-order valence-corrected chi connectivity index (χ0v) is 16.8. The summed E-state index contributed by atoms with van der Waals surface area (Å²) in [5.74, 6) is 0.201. The van der Waals surface area contributed by atoms with Crippen LogP contribution in [-0.2, 0) is 19.1 Å². The van der Waals surface area contributed by atoms with Crippen molar-refractivity contribution in [3.63, 3.8) is 0 Å². The summed E-state index contributed by atoms with van der Waals surface area (Å²) in [5, 5.41) is 0. The molecule has 0 atom stereocenters. The third-order valence-corrected chi connectivity index (χ3v) is 4.11. The molecule has 0 bridgehead atoms. The maximum atomic E-state index is 11.8. The number of nitrogens with zero attached hydrogens (tertiary/aromatic N) is 1. The van der Waals surface area contributed by atoms with Crippen molar-refractivity contribution in [2.24, 2.45) is 0 Å². The molecule has 0 saturated carbocycles. The Balaban J connectivity index is 2.11. The van der Waals surface area contributed by atoms with Crippen molar-refractivity contribution in [3.05, 3.63) is 48.0 Å². The molecule has 0 unspecified atom stereocenters. The molecule has 0 spiro atoms. The summed E-state index contributed by atoms with van der Waals surface area (Å²) in [7, 11) is 2.56. The molecule has 0 radical (unpaired) electrons. The van der Waals surface area contributed by atoms with E-state index in [0.29, 0.717) is 23.7 Å². The number of hydrogen-bond acceptors (Lipinski definition) is 8. The summed E-state index contributed by atoms with van der Waals surface area (Å²) in [6, 6.07) is 12.7. The zero-order chi connectivity index (χ0) is 21.2. The predicted molar refractivity (Wildman–Crippen MR) is 109 cm³/mol. The minimum Gasteiger partial charge on any atom is -0.490 e. The number of hydrogen-bond donors (Lipinski definition) is 1. The second kappa shape index (κ2) is 10.8. The molecule has 0 aliphatic rings. The summed E-state index contributed by atoms with van der Waals surface area (Å²) in [6.45, 7) is 2.23. The average molecular weight is 402 g/mol. The lowest BCUT2D eigenvalue weighted by molar-refractivity contribution is -0.140. The number of benzene rings is 2. The molecule has 0 aliphatic heterocycles. The number of anilines is 2. The molecule has 0 amide bonds. The van der Waals surface area contributed by atoms with Crippen LogP contribution in [0, 0.1) is 6.92 Å². The second-order valence-corrected chi connectivity index (χ2v) is 6.20. The number of nitrogen functional groups attached to an aromatic ring is 1. The molecule has 0 aromatic heterocycles. The number of nitrogens with two attached hydrogens (primary N) is 1. The topological polar surface area (TPSA) is 100 Å². The van der Waals surface area contributed by atoms with E-state index >= 15 is 0 Å². The van der Waals surface area contributed by atoms with Crippen molar-refractivity contribution in [1.82, 2.24) is 0 Å². The molecule has 0 fully saturated rings. The van der Waals surface area contributed by atoms with Crippen LogP contribution in [0.15, 0.2) is 42.5 Å². The van der Waals surface area contributed by atoms with Crippen LogP contribution in [0.3, 0.4) is 0 Å². The van der Waals surface area contributed by atoms with Crippen LogP contribution >= 0.6 is 0 Å². The maximum Gasteiger partial charge on any atom is 0.325 e. The molecule has 8 nitrogen and oxygen atoms in total. The molecule has 0 saturated heterocycles. The minimum absolute atomic E-state index is 0.147. The number of rotatable bonds is 10. The lowest BCUT2D eigenvalue weighted by atomic mass is 10.2. The first-order valence-corrected chi connectivity index (χ1v) is 9.04. The molecule has 2 N–H and O–H groups in total. The van der Waals surface area contributed by atoms with Crippen LogP contribution < -0.4 is 20.1 Å². The Morgan fingerprint density at radius 2 is 1.48 bits per heavy atom. The van der Waals surface area contributed by atoms with Gasteiger partial charge in [-0.15, -0.1) is 0 Å². The number of para-hydroxylation sites is 1. The molecule has 8 heteroatoms. The van der Waals surface area contributed by atoms with Crippen LogP contribution in [0.5, 0.6) is 11.5 Å². The first kappa shape index (κ1) is 21.9. The molecular formula is C21H26N2O6. The highest BCUT2D eigenvalue weighted by atomic mass is 16.5. The Morgan fingerprint density at radius 1 is 0.897 bits per heavy atom. The lowest BCUT2D eigenvalue weighted by Gasteiger charge is -2.25. The fraction of sp³-hybridized carbons (Fsp3) is 0.333. The van der Waals surface area contributed by atoms with Crippen LogP contribution in [0.1, 0.15) is 5.56 Å². The van der Waals surface area contributed by atoms with Crippen molar-refractivity contribution in [2.75, 3.05) is 51.2 Å². The first-order chi connectivity index (χ1) is 13.9. The number of carbonyl (C=O) groups excluding carboxylic acids is 2. The van der Waals surface area contributed by atoms with E-state index in [1.165, 1.54) is 19.1 Å². The van der Waals surface area contributed by atoms with Gasteiger partial charge in [0.15, 0.2) is 0 Å². The number of carbonyl (C=O) groups is 2. The van der Waals surface area contributed by atoms with Gasteiger partial charge in [0.25, 0.3) is 0 Å². The van der Waals surface area contributed by atoms with E-state index in [0.717, 1.165) is 11.3 Å².